The molecule has 0 saturated carbocycles. The van der Waals surface area contributed by atoms with Crippen molar-refractivity contribution in [1.82, 2.24) is 0 Å². The van der Waals surface area contributed by atoms with Gasteiger partial charge in [-0.15, -0.1) is 0 Å². The monoisotopic (exact) mass is 264 g/mol. The van der Waals surface area contributed by atoms with Crippen LogP contribution in [0.15, 0.2) is 24.3 Å². The van der Waals surface area contributed by atoms with Gasteiger partial charge >= 0.3 is 5.97 Å². The second kappa shape index (κ2) is 6.22. The summed E-state index contributed by atoms with van der Waals surface area (Å²) in [7, 11) is 0. The van der Waals surface area contributed by atoms with Crippen molar-refractivity contribution in [3.8, 4) is 0 Å². The molecule has 5 nitrogen and oxygen atoms in total. The Balaban J connectivity index is 2.93. The zero-order valence-corrected chi connectivity index (χ0v) is 11.5. The van der Waals surface area contributed by atoms with Crippen molar-refractivity contribution in [2.24, 2.45) is 11.7 Å². The third-order valence-corrected chi connectivity index (χ3v) is 3.00. The maximum Gasteiger partial charge on any atom is 0.308 e. The molecule has 19 heavy (non-hydrogen) atoms. The van der Waals surface area contributed by atoms with E-state index in [1.807, 2.05) is 18.7 Å². The molecule has 0 aliphatic heterocycles. The highest BCUT2D eigenvalue weighted by molar-refractivity contribution is 5.93. The highest BCUT2D eigenvalue weighted by Gasteiger charge is 2.18. The second-order valence-corrected chi connectivity index (χ2v) is 4.90. The van der Waals surface area contributed by atoms with Crippen molar-refractivity contribution >= 4 is 17.6 Å². The van der Waals surface area contributed by atoms with E-state index >= 15 is 0 Å². The van der Waals surface area contributed by atoms with Crippen molar-refractivity contribution in [2.45, 2.75) is 26.8 Å². The maximum absolute atomic E-state index is 11.0. The Kier molecular flexibility index (Phi) is 4.92. The summed E-state index contributed by atoms with van der Waals surface area (Å²) in [5.41, 5.74) is 6.52. The third-order valence-electron chi connectivity index (χ3n) is 3.00. The predicted octanol–water partition coefficient (Wildman–Crippen LogP) is 1.72. The molecule has 1 rings (SSSR count). The van der Waals surface area contributed by atoms with Gasteiger partial charge in [0.15, 0.2) is 0 Å². The minimum atomic E-state index is -0.820. The average molecular weight is 264 g/mol. The minimum Gasteiger partial charge on any atom is -0.481 e. The number of carboxylic acids is 1. The number of amides is 1. The summed E-state index contributed by atoms with van der Waals surface area (Å²) in [5.74, 6) is -1.75. The van der Waals surface area contributed by atoms with Gasteiger partial charge in [0.25, 0.3) is 0 Å². The molecular formula is C14H20N2O3. The normalized spacial score (nSPS) is 12.2. The molecule has 0 aliphatic rings. The number of hydrogen-bond acceptors (Lipinski definition) is 3. The fraction of sp³-hybridized carbons (Fsp3) is 0.429. The molecule has 0 bridgehead atoms. The molecule has 5 heteroatoms. The van der Waals surface area contributed by atoms with Gasteiger partial charge in [0, 0.05) is 23.8 Å². The summed E-state index contributed by atoms with van der Waals surface area (Å²) >= 11 is 0. The molecule has 104 valence electrons. The average Bonchev–Trinajstić information content (AvgIpc) is 2.35. The third kappa shape index (κ3) is 3.98. The largest absolute Gasteiger partial charge is 0.481 e. The maximum atomic E-state index is 11.0. The molecule has 3 N–H and O–H groups in total. The number of anilines is 1. The zero-order valence-electron chi connectivity index (χ0n) is 11.5. The van der Waals surface area contributed by atoms with Crippen LogP contribution in [0.3, 0.4) is 0 Å². The number of primary amides is 1. The quantitative estimate of drug-likeness (QED) is 0.819. The molecule has 0 fully saturated rings. The smallest absolute Gasteiger partial charge is 0.308 e. The first-order chi connectivity index (χ1) is 8.82. The number of nitrogens with zero attached hydrogens (tertiary/aromatic N) is 1. The van der Waals surface area contributed by atoms with Crippen molar-refractivity contribution in [1.29, 1.82) is 0 Å². The van der Waals surface area contributed by atoms with Gasteiger partial charge in [-0.3, -0.25) is 9.59 Å². The van der Waals surface area contributed by atoms with Crippen LogP contribution in [-0.4, -0.2) is 29.6 Å². The van der Waals surface area contributed by atoms with E-state index in [4.69, 9.17) is 10.8 Å². The van der Waals surface area contributed by atoms with E-state index in [0.717, 1.165) is 5.69 Å². The Morgan fingerprint density at radius 2 is 1.74 bits per heavy atom. The topological polar surface area (TPSA) is 83.6 Å². The summed E-state index contributed by atoms with van der Waals surface area (Å²) in [6, 6.07) is 7.04. The first-order valence-electron chi connectivity index (χ1n) is 6.22. The molecule has 0 aromatic heterocycles. The number of hydrogen-bond donors (Lipinski definition) is 2. The lowest BCUT2D eigenvalue weighted by atomic mass is 10.1. The number of carbonyl (C=O) groups is 2. The Hall–Kier alpha value is -2.04. The fourth-order valence-electron chi connectivity index (χ4n) is 1.80. The van der Waals surface area contributed by atoms with Gasteiger partial charge < -0.3 is 15.7 Å². The fourth-order valence-corrected chi connectivity index (χ4v) is 1.80. The zero-order chi connectivity index (χ0) is 14.6. The molecule has 1 unspecified atom stereocenters. The second-order valence-electron chi connectivity index (χ2n) is 4.90. The summed E-state index contributed by atoms with van der Waals surface area (Å²) in [4.78, 5) is 23.9. The van der Waals surface area contributed by atoms with Crippen LogP contribution < -0.4 is 10.6 Å². The van der Waals surface area contributed by atoms with Crippen LogP contribution in [0.2, 0.25) is 0 Å². The van der Waals surface area contributed by atoms with Crippen LogP contribution in [0.4, 0.5) is 5.69 Å². The van der Waals surface area contributed by atoms with Gasteiger partial charge in [-0.1, -0.05) is 6.92 Å². The highest BCUT2D eigenvalue weighted by atomic mass is 16.4. The number of rotatable bonds is 6. The van der Waals surface area contributed by atoms with Gasteiger partial charge in [0.05, 0.1) is 5.92 Å². The van der Waals surface area contributed by atoms with E-state index in [1.54, 1.807) is 31.2 Å². The van der Waals surface area contributed by atoms with E-state index in [1.165, 1.54) is 0 Å². The summed E-state index contributed by atoms with van der Waals surface area (Å²) in [6.07, 6.45) is 0. The van der Waals surface area contributed by atoms with E-state index in [0.29, 0.717) is 12.1 Å². The number of carboxylic acid groups (broad SMARTS) is 1. The van der Waals surface area contributed by atoms with Gasteiger partial charge in [0.2, 0.25) is 5.91 Å². The van der Waals surface area contributed by atoms with Gasteiger partial charge in [-0.05, 0) is 38.1 Å². The van der Waals surface area contributed by atoms with E-state index < -0.39 is 17.8 Å². The summed E-state index contributed by atoms with van der Waals surface area (Å²) in [5, 5.41) is 8.99. The predicted molar refractivity (Wildman–Crippen MR) is 74.2 cm³/mol. The molecule has 0 spiro atoms. The van der Waals surface area contributed by atoms with Crippen LogP contribution in [0.5, 0.6) is 0 Å². The van der Waals surface area contributed by atoms with Crippen LogP contribution in [-0.2, 0) is 4.79 Å². The molecule has 1 aromatic carbocycles. The molecule has 1 aromatic rings. The Morgan fingerprint density at radius 3 is 2.11 bits per heavy atom. The van der Waals surface area contributed by atoms with Gasteiger partial charge in [0.1, 0.15) is 0 Å². The summed E-state index contributed by atoms with van der Waals surface area (Å²) in [6.45, 7) is 6.09. The molecule has 0 aliphatic carbocycles. The number of nitrogens with two attached hydrogens (primary N) is 1. The van der Waals surface area contributed by atoms with Crippen molar-refractivity contribution in [3.63, 3.8) is 0 Å². The molecule has 0 radical (unpaired) electrons. The van der Waals surface area contributed by atoms with E-state index in [-0.39, 0.29) is 6.04 Å². The molecule has 1 amide bonds. The number of carbonyl (C=O) groups excluding carboxylic acids is 1. The lowest BCUT2D eigenvalue weighted by molar-refractivity contribution is -0.140. The van der Waals surface area contributed by atoms with Crippen molar-refractivity contribution < 1.29 is 14.7 Å². The Labute approximate surface area is 113 Å². The molecule has 1 atom stereocenters. The Bertz CT molecular complexity index is 454. The highest BCUT2D eigenvalue weighted by Crippen LogP contribution is 2.19. The summed E-state index contributed by atoms with van der Waals surface area (Å²) < 4.78 is 0. The SMILES string of the molecule is CC(CN(c1ccc(C(N)=O)cc1)C(C)C)C(=O)O. The number of benzene rings is 1. The lowest BCUT2D eigenvalue weighted by Gasteiger charge is -2.30. The van der Waals surface area contributed by atoms with Gasteiger partial charge in [-0.25, -0.2) is 0 Å². The molecule has 0 heterocycles. The molecule has 0 saturated heterocycles. The number of aliphatic carboxylic acids is 1. The first-order valence-corrected chi connectivity index (χ1v) is 6.22. The van der Waals surface area contributed by atoms with Crippen LogP contribution in [0.25, 0.3) is 0 Å². The van der Waals surface area contributed by atoms with Crippen LogP contribution in [0.1, 0.15) is 31.1 Å². The lowest BCUT2D eigenvalue weighted by Crippen LogP contribution is -2.37. The van der Waals surface area contributed by atoms with Gasteiger partial charge in [-0.2, -0.15) is 0 Å². The van der Waals surface area contributed by atoms with Crippen LogP contribution in [0, 0.1) is 5.92 Å². The molecular weight excluding hydrogens is 244 g/mol. The van der Waals surface area contributed by atoms with Crippen molar-refractivity contribution in [2.75, 3.05) is 11.4 Å². The van der Waals surface area contributed by atoms with Crippen LogP contribution >= 0.6 is 0 Å². The Morgan fingerprint density at radius 1 is 1.21 bits per heavy atom. The standard InChI is InChI=1S/C14H20N2O3/c1-9(2)16(8-10(3)14(18)19)12-6-4-11(5-7-12)13(15)17/h4-7,9-10H,8H2,1-3H3,(H2,15,17)(H,18,19). The van der Waals surface area contributed by atoms with E-state index in [2.05, 4.69) is 0 Å². The van der Waals surface area contributed by atoms with Crippen molar-refractivity contribution in [3.05, 3.63) is 29.8 Å². The first kappa shape index (κ1) is 15.0. The minimum absolute atomic E-state index is 0.168. The van der Waals surface area contributed by atoms with E-state index in [9.17, 15) is 9.59 Å².